The fraction of sp³-hybridized carbons (Fsp3) is 0.231. The lowest BCUT2D eigenvalue weighted by Gasteiger charge is -2.15. The fourth-order valence-corrected chi connectivity index (χ4v) is 2.36. The van der Waals surface area contributed by atoms with E-state index >= 15 is 0 Å². The van der Waals surface area contributed by atoms with E-state index in [4.69, 9.17) is 4.74 Å². The zero-order valence-electron chi connectivity index (χ0n) is 10.2. The largest absolute Gasteiger partial charge is 0.465 e. The van der Waals surface area contributed by atoms with Crippen molar-refractivity contribution in [3.8, 4) is 0 Å². The Bertz CT molecular complexity index is 526. The normalized spacial score (nSPS) is 11.9. The maximum Gasteiger partial charge on any atom is 0.341 e. The van der Waals surface area contributed by atoms with Crippen molar-refractivity contribution in [2.75, 3.05) is 12.4 Å². The molecule has 0 radical (unpaired) electrons. The van der Waals surface area contributed by atoms with Crippen molar-refractivity contribution in [3.05, 3.63) is 46.3 Å². The van der Waals surface area contributed by atoms with Crippen molar-refractivity contribution in [3.63, 3.8) is 0 Å². The van der Waals surface area contributed by atoms with Gasteiger partial charge in [-0.1, -0.05) is 0 Å². The molecule has 4 nitrogen and oxygen atoms in total. The number of nitrogens with one attached hydrogen (secondary N) is 1. The standard InChI is InChI=1S/C13H14N2O2S/c1-9(10-5-7-18-8-10)15-12-11(13(16)17-2)4-3-6-14-12/h3-9H,1-2H3,(H,14,15). The summed E-state index contributed by atoms with van der Waals surface area (Å²) in [5.74, 6) is 0.158. The first kappa shape index (κ1) is 12.6. The van der Waals surface area contributed by atoms with Gasteiger partial charge >= 0.3 is 5.97 Å². The van der Waals surface area contributed by atoms with Crippen LogP contribution in [0.5, 0.6) is 0 Å². The second-order valence-corrected chi connectivity index (χ2v) is 4.59. The summed E-state index contributed by atoms with van der Waals surface area (Å²) < 4.78 is 4.73. The average molecular weight is 262 g/mol. The Kier molecular flexibility index (Phi) is 3.94. The molecule has 2 aromatic rings. The first-order chi connectivity index (χ1) is 8.72. The second kappa shape index (κ2) is 5.64. The molecular weight excluding hydrogens is 248 g/mol. The lowest BCUT2D eigenvalue weighted by atomic mass is 10.1. The Labute approximate surface area is 110 Å². The van der Waals surface area contributed by atoms with Crippen molar-refractivity contribution < 1.29 is 9.53 Å². The number of carbonyl (C=O) groups is 1. The summed E-state index contributed by atoms with van der Waals surface area (Å²) in [7, 11) is 1.36. The van der Waals surface area contributed by atoms with Gasteiger partial charge in [-0.15, -0.1) is 0 Å². The van der Waals surface area contributed by atoms with Gasteiger partial charge in [0.15, 0.2) is 0 Å². The van der Waals surface area contributed by atoms with Crippen LogP contribution in [-0.4, -0.2) is 18.1 Å². The summed E-state index contributed by atoms with van der Waals surface area (Å²) >= 11 is 1.64. The molecule has 2 heterocycles. The van der Waals surface area contributed by atoms with Crippen LogP contribution in [0.15, 0.2) is 35.2 Å². The topological polar surface area (TPSA) is 51.2 Å². The van der Waals surface area contributed by atoms with Gasteiger partial charge in [-0.05, 0) is 41.4 Å². The van der Waals surface area contributed by atoms with Crippen LogP contribution in [0.1, 0.15) is 28.9 Å². The molecule has 5 heteroatoms. The van der Waals surface area contributed by atoms with Crippen LogP contribution in [0.2, 0.25) is 0 Å². The molecule has 1 atom stereocenters. The van der Waals surface area contributed by atoms with Crippen LogP contribution in [0.4, 0.5) is 5.82 Å². The van der Waals surface area contributed by atoms with Gasteiger partial charge in [0.1, 0.15) is 11.4 Å². The molecule has 2 aromatic heterocycles. The summed E-state index contributed by atoms with van der Waals surface area (Å²) in [6.07, 6.45) is 1.65. The van der Waals surface area contributed by atoms with Gasteiger partial charge in [0.05, 0.1) is 13.2 Å². The van der Waals surface area contributed by atoms with Gasteiger partial charge in [0, 0.05) is 6.20 Å². The Hall–Kier alpha value is -1.88. The Balaban J connectivity index is 2.21. The number of pyridine rings is 1. The molecule has 0 fully saturated rings. The number of hydrogen-bond donors (Lipinski definition) is 1. The van der Waals surface area contributed by atoms with Crippen LogP contribution < -0.4 is 5.32 Å². The number of carbonyl (C=O) groups excluding carboxylic acids is 1. The molecule has 0 aromatic carbocycles. The van der Waals surface area contributed by atoms with Gasteiger partial charge < -0.3 is 10.1 Å². The lowest BCUT2D eigenvalue weighted by Crippen LogP contribution is -2.12. The smallest absolute Gasteiger partial charge is 0.341 e. The van der Waals surface area contributed by atoms with Gasteiger partial charge in [0.25, 0.3) is 0 Å². The highest BCUT2D eigenvalue weighted by atomic mass is 32.1. The Morgan fingerprint density at radius 2 is 2.33 bits per heavy atom. The lowest BCUT2D eigenvalue weighted by molar-refractivity contribution is 0.0601. The minimum absolute atomic E-state index is 0.0922. The van der Waals surface area contributed by atoms with Crippen LogP contribution in [0.3, 0.4) is 0 Å². The van der Waals surface area contributed by atoms with Crippen LogP contribution in [-0.2, 0) is 4.74 Å². The number of nitrogens with zero attached hydrogens (tertiary/aromatic N) is 1. The summed E-state index contributed by atoms with van der Waals surface area (Å²) in [6.45, 7) is 2.03. The fourth-order valence-electron chi connectivity index (χ4n) is 1.60. The molecular formula is C13H14N2O2S. The van der Waals surface area contributed by atoms with Crippen LogP contribution in [0.25, 0.3) is 0 Å². The maximum absolute atomic E-state index is 11.6. The van der Waals surface area contributed by atoms with E-state index in [9.17, 15) is 4.79 Å². The van der Waals surface area contributed by atoms with E-state index in [0.29, 0.717) is 11.4 Å². The number of anilines is 1. The summed E-state index contributed by atoms with van der Waals surface area (Å²) in [6, 6.07) is 5.55. The number of hydrogen-bond acceptors (Lipinski definition) is 5. The molecule has 0 aliphatic rings. The van der Waals surface area contributed by atoms with Gasteiger partial charge in [0.2, 0.25) is 0 Å². The number of methoxy groups -OCH3 is 1. The highest BCUT2D eigenvalue weighted by Gasteiger charge is 2.14. The number of thiophene rings is 1. The molecule has 0 spiro atoms. The van der Waals surface area contributed by atoms with E-state index < -0.39 is 0 Å². The van der Waals surface area contributed by atoms with Crippen LogP contribution >= 0.6 is 11.3 Å². The first-order valence-electron chi connectivity index (χ1n) is 5.54. The molecule has 2 rings (SSSR count). The molecule has 1 unspecified atom stereocenters. The minimum atomic E-state index is -0.386. The first-order valence-corrected chi connectivity index (χ1v) is 6.48. The van der Waals surface area contributed by atoms with E-state index in [0.717, 1.165) is 0 Å². The molecule has 1 N–H and O–H groups in total. The SMILES string of the molecule is COC(=O)c1cccnc1NC(C)c1ccsc1. The molecule has 0 bridgehead atoms. The highest BCUT2D eigenvalue weighted by Crippen LogP contribution is 2.22. The third-order valence-electron chi connectivity index (χ3n) is 2.61. The zero-order valence-corrected chi connectivity index (χ0v) is 11.0. The number of ether oxygens (including phenoxy) is 1. The third kappa shape index (κ3) is 2.68. The second-order valence-electron chi connectivity index (χ2n) is 3.81. The van der Waals surface area contributed by atoms with Crippen molar-refractivity contribution in [1.29, 1.82) is 0 Å². The Morgan fingerprint density at radius 1 is 1.50 bits per heavy atom. The van der Waals surface area contributed by atoms with E-state index in [-0.39, 0.29) is 12.0 Å². The van der Waals surface area contributed by atoms with E-state index in [2.05, 4.69) is 15.7 Å². The molecule has 0 amide bonds. The number of aromatic nitrogens is 1. The molecule has 0 saturated carbocycles. The Morgan fingerprint density at radius 3 is 3.00 bits per heavy atom. The average Bonchev–Trinajstić information content (AvgIpc) is 2.92. The molecule has 0 saturated heterocycles. The van der Waals surface area contributed by atoms with E-state index in [1.165, 1.54) is 12.7 Å². The predicted octanol–water partition coefficient (Wildman–Crippen LogP) is 3.10. The molecule has 94 valence electrons. The summed E-state index contributed by atoms with van der Waals surface area (Å²) in [4.78, 5) is 15.8. The van der Waals surface area contributed by atoms with Crippen LogP contribution in [0, 0.1) is 0 Å². The van der Waals surface area contributed by atoms with Gasteiger partial charge in [-0.2, -0.15) is 11.3 Å². The van der Waals surface area contributed by atoms with E-state index in [1.54, 1.807) is 29.7 Å². The summed E-state index contributed by atoms with van der Waals surface area (Å²) in [5.41, 5.74) is 1.61. The zero-order chi connectivity index (χ0) is 13.0. The molecule has 0 aliphatic carbocycles. The van der Waals surface area contributed by atoms with Crippen molar-refractivity contribution in [1.82, 2.24) is 4.98 Å². The minimum Gasteiger partial charge on any atom is -0.465 e. The third-order valence-corrected chi connectivity index (χ3v) is 3.31. The molecule has 18 heavy (non-hydrogen) atoms. The van der Waals surface area contributed by atoms with Gasteiger partial charge in [-0.3, -0.25) is 0 Å². The highest BCUT2D eigenvalue weighted by molar-refractivity contribution is 7.07. The molecule has 0 aliphatic heterocycles. The number of esters is 1. The monoisotopic (exact) mass is 262 g/mol. The van der Waals surface area contributed by atoms with Crippen molar-refractivity contribution >= 4 is 23.1 Å². The van der Waals surface area contributed by atoms with E-state index in [1.807, 2.05) is 18.4 Å². The quantitative estimate of drug-likeness (QED) is 0.860. The number of rotatable bonds is 4. The van der Waals surface area contributed by atoms with Crippen molar-refractivity contribution in [2.24, 2.45) is 0 Å². The predicted molar refractivity (Wildman–Crippen MR) is 71.9 cm³/mol. The maximum atomic E-state index is 11.6. The summed E-state index contributed by atoms with van der Waals surface area (Å²) in [5, 5.41) is 7.31. The van der Waals surface area contributed by atoms with Gasteiger partial charge in [-0.25, -0.2) is 9.78 Å². The van der Waals surface area contributed by atoms with Crippen molar-refractivity contribution in [2.45, 2.75) is 13.0 Å².